The van der Waals surface area contributed by atoms with Crippen molar-refractivity contribution in [2.24, 2.45) is 5.92 Å². The van der Waals surface area contributed by atoms with E-state index in [9.17, 15) is 27.9 Å². The number of aromatic nitrogens is 2. The lowest BCUT2D eigenvalue weighted by molar-refractivity contribution is -0.143. The molecule has 1 N–H and O–H groups in total. The van der Waals surface area contributed by atoms with Crippen LogP contribution in [-0.4, -0.2) is 44.3 Å². The van der Waals surface area contributed by atoms with Gasteiger partial charge in [0.05, 0.1) is 34.6 Å². The highest BCUT2D eigenvalue weighted by Gasteiger charge is 2.34. The van der Waals surface area contributed by atoms with Crippen LogP contribution in [0.4, 0.5) is 13.2 Å². The molecule has 1 saturated heterocycles. The van der Waals surface area contributed by atoms with Gasteiger partial charge in [-0.15, -0.1) is 0 Å². The maximum Gasteiger partial charge on any atom is 0.416 e. The number of carboxylic acid groups (broad SMARTS) is 1. The molecule has 0 aliphatic carbocycles. The highest BCUT2D eigenvalue weighted by atomic mass is 19.4. The van der Waals surface area contributed by atoms with Crippen LogP contribution in [0.15, 0.2) is 30.5 Å². The van der Waals surface area contributed by atoms with Crippen molar-refractivity contribution in [3.05, 3.63) is 47.3 Å². The standard InChI is InChI=1S/C19H20F3N3O3/c1-11-6-7-13(18(27)28)10-24(11)17(26)16-9-23-25(12(16)2)15-5-3-4-14(8-15)19(20,21)22/h3-5,8-9,11,13H,6-7,10H2,1-2H3,(H,27,28). The van der Waals surface area contributed by atoms with Crippen molar-refractivity contribution >= 4 is 11.9 Å². The molecule has 0 bridgehead atoms. The Morgan fingerprint density at radius 3 is 2.61 bits per heavy atom. The van der Waals surface area contributed by atoms with Gasteiger partial charge in [-0.25, -0.2) is 4.68 Å². The molecule has 2 heterocycles. The smallest absolute Gasteiger partial charge is 0.416 e. The summed E-state index contributed by atoms with van der Waals surface area (Å²) in [5, 5.41) is 13.3. The van der Waals surface area contributed by atoms with Gasteiger partial charge in [0.1, 0.15) is 0 Å². The van der Waals surface area contributed by atoms with E-state index in [0.717, 1.165) is 12.1 Å². The fraction of sp³-hybridized carbons (Fsp3) is 0.421. The first-order valence-corrected chi connectivity index (χ1v) is 8.85. The third kappa shape index (κ3) is 3.74. The number of hydrogen-bond acceptors (Lipinski definition) is 3. The third-order valence-electron chi connectivity index (χ3n) is 5.15. The minimum absolute atomic E-state index is 0.101. The average molecular weight is 395 g/mol. The summed E-state index contributed by atoms with van der Waals surface area (Å²) >= 11 is 0. The number of carbonyl (C=O) groups excluding carboxylic acids is 1. The Kier molecular flexibility index (Phi) is 5.18. The number of hydrogen-bond donors (Lipinski definition) is 1. The zero-order valence-corrected chi connectivity index (χ0v) is 15.4. The Morgan fingerprint density at radius 2 is 1.96 bits per heavy atom. The summed E-state index contributed by atoms with van der Waals surface area (Å²) in [5.41, 5.74) is 0.0347. The van der Waals surface area contributed by atoms with Crippen molar-refractivity contribution in [2.45, 2.75) is 38.9 Å². The number of benzene rings is 1. The lowest BCUT2D eigenvalue weighted by Crippen LogP contribution is -2.47. The molecule has 1 fully saturated rings. The first-order valence-electron chi connectivity index (χ1n) is 8.85. The SMILES string of the molecule is Cc1c(C(=O)N2CC(C(=O)O)CCC2C)cnn1-c1cccc(C(F)(F)F)c1. The van der Waals surface area contributed by atoms with E-state index in [0.29, 0.717) is 18.5 Å². The van der Waals surface area contributed by atoms with Crippen LogP contribution < -0.4 is 0 Å². The Labute approximate surface area is 159 Å². The van der Waals surface area contributed by atoms with Gasteiger partial charge >= 0.3 is 12.1 Å². The first-order chi connectivity index (χ1) is 13.1. The number of piperidine rings is 1. The topological polar surface area (TPSA) is 75.4 Å². The summed E-state index contributed by atoms with van der Waals surface area (Å²) < 4.78 is 40.2. The molecule has 9 heteroatoms. The van der Waals surface area contributed by atoms with Crippen LogP contribution in [-0.2, 0) is 11.0 Å². The number of alkyl halides is 3. The number of halogens is 3. The quantitative estimate of drug-likeness (QED) is 0.863. The zero-order chi connectivity index (χ0) is 20.6. The molecule has 0 saturated carbocycles. The van der Waals surface area contributed by atoms with Crippen LogP contribution in [0.1, 0.15) is 41.4 Å². The molecule has 1 aromatic heterocycles. The molecule has 3 rings (SSSR count). The molecule has 28 heavy (non-hydrogen) atoms. The molecule has 1 aliphatic heterocycles. The van der Waals surface area contributed by atoms with E-state index >= 15 is 0 Å². The number of carboxylic acids is 1. The van der Waals surface area contributed by atoms with Crippen LogP contribution in [0.25, 0.3) is 5.69 Å². The number of aliphatic carboxylic acids is 1. The maximum absolute atomic E-state index is 13.0. The summed E-state index contributed by atoms with van der Waals surface area (Å²) in [4.78, 5) is 25.8. The zero-order valence-electron chi connectivity index (χ0n) is 15.4. The Hall–Kier alpha value is -2.84. The molecule has 1 aromatic carbocycles. The third-order valence-corrected chi connectivity index (χ3v) is 5.15. The Balaban J connectivity index is 1.91. The molecule has 2 unspecified atom stereocenters. The van der Waals surface area contributed by atoms with Crippen LogP contribution in [0.3, 0.4) is 0 Å². The van der Waals surface area contributed by atoms with Gasteiger partial charge in [-0.05, 0) is 44.9 Å². The number of amides is 1. The largest absolute Gasteiger partial charge is 0.481 e. The predicted octanol–water partition coefficient (Wildman–Crippen LogP) is 3.52. The Morgan fingerprint density at radius 1 is 1.25 bits per heavy atom. The van der Waals surface area contributed by atoms with Gasteiger partial charge in [0.25, 0.3) is 5.91 Å². The van der Waals surface area contributed by atoms with Crippen molar-refractivity contribution in [1.29, 1.82) is 0 Å². The normalized spacial score (nSPS) is 20.2. The van der Waals surface area contributed by atoms with Gasteiger partial charge in [-0.2, -0.15) is 18.3 Å². The molecule has 6 nitrogen and oxygen atoms in total. The van der Waals surface area contributed by atoms with E-state index in [-0.39, 0.29) is 29.7 Å². The van der Waals surface area contributed by atoms with Crippen LogP contribution in [0, 0.1) is 12.8 Å². The number of rotatable bonds is 3. The molecule has 1 amide bonds. The van der Waals surface area contributed by atoms with Crippen molar-refractivity contribution in [3.8, 4) is 5.69 Å². The molecule has 1 aliphatic rings. The second-order valence-corrected chi connectivity index (χ2v) is 7.02. The summed E-state index contributed by atoms with van der Waals surface area (Å²) in [6.07, 6.45) is -2.09. The van der Waals surface area contributed by atoms with E-state index < -0.39 is 23.6 Å². The number of likely N-dealkylation sites (tertiary alicyclic amines) is 1. The highest BCUT2D eigenvalue weighted by molar-refractivity contribution is 5.95. The minimum Gasteiger partial charge on any atom is -0.481 e. The van der Waals surface area contributed by atoms with E-state index in [2.05, 4.69) is 5.10 Å². The first kappa shape index (κ1) is 19.9. The second kappa shape index (κ2) is 7.29. The van der Waals surface area contributed by atoms with Crippen LogP contribution in [0.2, 0.25) is 0 Å². The van der Waals surface area contributed by atoms with Gasteiger partial charge in [0.2, 0.25) is 0 Å². The van der Waals surface area contributed by atoms with Gasteiger partial charge < -0.3 is 10.0 Å². The summed E-state index contributed by atoms with van der Waals surface area (Å²) in [6.45, 7) is 3.55. The van der Waals surface area contributed by atoms with Crippen LogP contribution in [0.5, 0.6) is 0 Å². The average Bonchev–Trinajstić information content (AvgIpc) is 3.02. The molecular weight excluding hydrogens is 375 g/mol. The molecule has 150 valence electrons. The molecule has 0 radical (unpaired) electrons. The summed E-state index contributed by atoms with van der Waals surface area (Å²) in [6, 6.07) is 4.58. The minimum atomic E-state index is -4.48. The molecular formula is C19H20F3N3O3. The van der Waals surface area contributed by atoms with E-state index in [4.69, 9.17) is 0 Å². The molecule has 0 spiro atoms. The molecule has 2 atom stereocenters. The van der Waals surface area contributed by atoms with Crippen molar-refractivity contribution < 1.29 is 27.9 Å². The van der Waals surface area contributed by atoms with Gasteiger partial charge in [-0.3, -0.25) is 9.59 Å². The van der Waals surface area contributed by atoms with E-state index in [1.165, 1.54) is 27.9 Å². The summed E-state index contributed by atoms with van der Waals surface area (Å²) in [7, 11) is 0. The Bertz CT molecular complexity index is 907. The van der Waals surface area contributed by atoms with E-state index in [1.54, 1.807) is 6.92 Å². The summed E-state index contributed by atoms with van der Waals surface area (Å²) in [5.74, 6) is -1.94. The number of carbonyl (C=O) groups is 2. The predicted molar refractivity (Wildman–Crippen MR) is 94.2 cm³/mol. The highest BCUT2D eigenvalue weighted by Crippen LogP contribution is 2.31. The monoisotopic (exact) mass is 395 g/mol. The van der Waals surface area contributed by atoms with E-state index in [1.807, 2.05) is 6.92 Å². The fourth-order valence-electron chi connectivity index (χ4n) is 3.44. The fourth-order valence-corrected chi connectivity index (χ4v) is 3.44. The maximum atomic E-state index is 13.0. The van der Waals surface area contributed by atoms with Gasteiger partial charge in [-0.1, -0.05) is 6.07 Å². The van der Waals surface area contributed by atoms with Gasteiger partial charge in [0.15, 0.2) is 0 Å². The van der Waals surface area contributed by atoms with Crippen molar-refractivity contribution in [2.75, 3.05) is 6.54 Å². The lowest BCUT2D eigenvalue weighted by atomic mass is 9.93. The number of nitrogens with zero attached hydrogens (tertiary/aromatic N) is 3. The van der Waals surface area contributed by atoms with Crippen molar-refractivity contribution in [3.63, 3.8) is 0 Å². The molecule has 2 aromatic rings. The lowest BCUT2D eigenvalue weighted by Gasteiger charge is -2.36. The second-order valence-electron chi connectivity index (χ2n) is 7.02. The van der Waals surface area contributed by atoms with Gasteiger partial charge in [0, 0.05) is 12.6 Å². The van der Waals surface area contributed by atoms with Crippen molar-refractivity contribution in [1.82, 2.24) is 14.7 Å². The van der Waals surface area contributed by atoms with Crippen LogP contribution >= 0.6 is 0 Å².